The molecule has 0 aromatic heterocycles. The van der Waals surface area contributed by atoms with Gasteiger partial charge in [0.25, 0.3) is 0 Å². The van der Waals surface area contributed by atoms with Gasteiger partial charge in [0.2, 0.25) is 0 Å². The Morgan fingerprint density at radius 3 is 2.46 bits per heavy atom. The predicted molar refractivity (Wildman–Crippen MR) is 40.9 cm³/mol. The third kappa shape index (κ3) is 1.17. The van der Waals surface area contributed by atoms with Crippen LogP contribution in [-0.4, -0.2) is 47.1 Å². The molecule has 7 nitrogen and oxygen atoms in total. The number of hydrazine groups is 1. The van der Waals surface area contributed by atoms with E-state index in [-0.39, 0.29) is 13.2 Å². The molecule has 0 aromatic rings. The summed E-state index contributed by atoms with van der Waals surface area (Å²) in [5, 5.41) is 19.3. The number of nitrogens with one attached hydrogen (secondary N) is 1. The molecule has 0 saturated carbocycles. The van der Waals surface area contributed by atoms with E-state index in [1.54, 1.807) is 0 Å². The Bertz CT molecular complexity index is 224. The van der Waals surface area contributed by atoms with Gasteiger partial charge in [-0.05, 0) is 0 Å². The Balaban J connectivity index is 2.21. The summed E-state index contributed by atoms with van der Waals surface area (Å²) in [6.45, 7) is -0.134. The number of fused-ring (bicyclic) bond motifs is 1. The molecule has 0 aromatic carbocycles. The first-order valence-corrected chi connectivity index (χ1v) is 3.94. The fraction of sp³-hybridized carbons (Fsp3) is 1.00. The van der Waals surface area contributed by atoms with Crippen LogP contribution in [0.3, 0.4) is 0 Å². The first kappa shape index (κ1) is 9.28. The maximum absolute atomic E-state index is 9.75. The third-order valence-electron chi connectivity index (χ3n) is 2.47. The van der Waals surface area contributed by atoms with Crippen LogP contribution < -0.4 is 17.0 Å². The third-order valence-corrected chi connectivity index (χ3v) is 2.47. The van der Waals surface area contributed by atoms with Crippen molar-refractivity contribution in [2.24, 2.45) is 11.6 Å². The van der Waals surface area contributed by atoms with Crippen molar-refractivity contribution in [3.63, 3.8) is 0 Å². The van der Waals surface area contributed by atoms with Crippen molar-refractivity contribution >= 4 is 0 Å². The van der Waals surface area contributed by atoms with Gasteiger partial charge in [-0.1, -0.05) is 0 Å². The zero-order chi connectivity index (χ0) is 9.69. The molecule has 4 atom stereocenters. The maximum Gasteiger partial charge on any atom is 0.181 e. The number of ether oxygens (including phenoxy) is 2. The molecule has 7 heteroatoms. The fourth-order valence-corrected chi connectivity index (χ4v) is 1.70. The van der Waals surface area contributed by atoms with E-state index in [2.05, 4.69) is 5.43 Å². The highest BCUT2D eigenvalue weighted by atomic mass is 16.6. The van der Waals surface area contributed by atoms with Gasteiger partial charge in [0.05, 0.1) is 13.2 Å². The van der Waals surface area contributed by atoms with Gasteiger partial charge < -0.3 is 19.7 Å². The Morgan fingerprint density at radius 1 is 1.23 bits per heavy atom. The lowest BCUT2D eigenvalue weighted by atomic mass is 10.0. The summed E-state index contributed by atoms with van der Waals surface area (Å²) in [4.78, 5) is 0. The summed E-state index contributed by atoms with van der Waals surface area (Å²) in [6, 6.07) is 0. The van der Waals surface area contributed by atoms with E-state index in [4.69, 9.17) is 21.1 Å². The molecule has 13 heavy (non-hydrogen) atoms. The zero-order valence-corrected chi connectivity index (χ0v) is 6.93. The molecule has 0 bridgehead atoms. The Kier molecular flexibility index (Phi) is 1.86. The SMILES string of the molecule is NN[C@@]1(O)CO[C@H]2[C@@H]1OC[C@@]2(N)O. The van der Waals surface area contributed by atoms with Gasteiger partial charge in [-0.3, -0.25) is 11.6 Å². The molecular formula is C6H13N3O4. The highest BCUT2D eigenvalue weighted by molar-refractivity contribution is 5.06. The van der Waals surface area contributed by atoms with Gasteiger partial charge >= 0.3 is 0 Å². The number of nitrogens with two attached hydrogens (primary N) is 2. The minimum absolute atomic E-state index is 0.0572. The summed E-state index contributed by atoms with van der Waals surface area (Å²) in [6.07, 6.45) is -1.47. The van der Waals surface area contributed by atoms with Crippen molar-refractivity contribution < 1.29 is 19.7 Å². The van der Waals surface area contributed by atoms with Crippen LogP contribution in [0, 0.1) is 0 Å². The van der Waals surface area contributed by atoms with Gasteiger partial charge in [0.15, 0.2) is 11.4 Å². The molecule has 0 amide bonds. The lowest BCUT2D eigenvalue weighted by molar-refractivity contribution is -0.101. The normalized spacial score (nSPS) is 55.4. The predicted octanol–water partition coefficient (Wildman–Crippen LogP) is -3.42. The molecule has 2 saturated heterocycles. The molecular weight excluding hydrogens is 178 g/mol. The molecule has 2 aliphatic heterocycles. The van der Waals surface area contributed by atoms with E-state index in [1.165, 1.54) is 0 Å². The monoisotopic (exact) mass is 191 g/mol. The van der Waals surface area contributed by atoms with E-state index < -0.39 is 23.7 Å². The van der Waals surface area contributed by atoms with Crippen LogP contribution in [0.2, 0.25) is 0 Å². The first-order valence-electron chi connectivity index (χ1n) is 3.94. The summed E-state index contributed by atoms with van der Waals surface area (Å²) in [7, 11) is 0. The van der Waals surface area contributed by atoms with Gasteiger partial charge in [-0.15, -0.1) is 0 Å². The average molecular weight is 191 g/mol. The van der Waals surface area contributed by atoms with Crippen molar-refractivity contribution in [2.45, 2.75) is 23.7 Å². The van der Waals surface area contributed by atoms with E-state index in [1.807, 2.05) is 0 Å². The number of aliphatic hydroxyl groups is 2. The molecule has 2 fully saturated rings. The molecule has 7 N–H and O–H groups in total. The van der Waals surface area contributed by atoms with Crippen molar-refractivity contribution in [3.8, 4) is 0 Å². The summed E-state index contributed by atoms with van der Waals surface area (Å²) in [5.74, 6) is 5.13. The summed E-state index contributed by atoms with van der Waals surface area (Å²) >= 11 is 0. The van der Waals surface area contributed by atoms with E-state index in [9.17, 15) is 10.2 Å². The fourth-order valence-electron chi connectivity index (χ4n) is 1.70. The molecule has 2 rings (SSSR count). The topological polar surface area (TPSA) is 123 Å². The molecule has 0 aliphatic carbocycles. The molecule has 0 unspecified atom stereocenters. The summed E-state index contributed by atoms with van der Waals surface area (Å²) < 4.78 is 10.2. The average Bonchev–Trinajstić information content (AvgIpc) is 2.55. The molecule has 2 aliphatic rings. The van der Waals surface area contributed by atoms with Crippen LogP contribution in [0.5, 0.6) is 0 Å². The second-order valence-corrected chi connectivity index (χ2v) is 3.52. The second-order valence-electron chi connectivity index (χ2n) is 3.52. The van der Waals surface area contributed by atoms with Crippen molar-refractivity contribution in [1.82, 2.24) is 5.43 Å². The van der Waals surface area contributed by atoms with Gasteiger partial charge in [-0.25, -0.2) is 5.43 Å². The Morgan fingerprint density at radius 2 is 1.85 bits per heavy atom. The second kappa shape index (κ2) is 2.61. The van der Waals surface area contributed by atoms with Gasteiger partial charge in [-0.2, -0.15) is 0 Å². The van der Waals surface area contributed by atoms with Crippen LogP contribution in [0.4, 0.5) is 0 Å². The molecule has 0 spiro atoms. The summed E-state index contributed by atoms with van der Waals surface area (Å²) in [5.41, 5.74) is 4.64. The van der Waals surface area contributed by atoms with E-state index in [0.717, 1.165) is 0 Å². The van der Waals surface area contributed by atoms with Crippen LogP contribution in [0.1, 0.15) is 0 Å². The smallest absolute Gasteiger partial charge is 0.181 e. The van der Waals surface area contributed by atoms with Crippen LogP contribution in [0.25, 0.3) is 0 Å². The lowest BCUT2D eigenvalue weighted by Gasteiger charge is -2.25. The van der Waals surface area contributed by atoms with Gasteiger partial charge in [0.1, 0.15) is 12.2 Å². The van der Waals surface area contributed by atoms with E-state index in [0.29, 0.717) is 0 Å². The first-order chi connectivity index (χ1) is 5.99. The van der Waals surface area contributed by atoms with Crippen molar-refractivity contribution in [3.05, 3.63) is 0 Å². The quantitative estimate of drug-likeness (QED) is 0.166. The standard InChI is InChI=1S/C6H13N3O4/c7-5(10)1-12-4-3(5)13-2-6(4,11)9-8/h3-4,9-11H,1-2,7-8H2/t3-,4-,5+,6+/m0/s1. The largest absolute Gasteiger partial charge is 0.371 e. The van der Waals surface area contributed by atoms with Crippen LogP contribution >= 0.6 is 0 Å². The van der Waals surface area contributed by atoms with Crippen LogP contribution in [-0.2, 0) is 9.47 Å². The van der Waals surface area contributed by atoms with Crippen molar-refractivity contribution in [1.29, 1.82) is 0 Å². The maximum atomic E-state index is 9.75. The number of hydrogen-bond acceptors (Lipinski definition) is 7. The minimum atomic E-state index is -1.55. The van der Waals surface area contributed by atoms with Gasteiger partial charge in [0, 0.05) is 0 Å². The number of hydrogen-bond donors (Lipinski definition) is 5. The van der Waals surface area contributed by atoms with Crippen LogP contribution in [0.15, 0.2) is 0 Å². The van der Waals surface area contributed by atoms with E-state index >= 15 is 0 Å². The Hall–Kier alpha value is -0.280. The zero-order valence-electron chi connectivity index (χ0n) is 6.93. The molecule has 0 radical (unpaired) electrons. The number of rotatable bonds is 1. The molecule has 2 heterocycles. The minimum Gasteiger partial charge on any atom is -0.371 e. The Labute approximate surface area is 74.6 Å². The van der Waals surface area contributed by atoms with Crippen molar-refractivity contribution in [2.75, 3.05) is 13.2 Å². The highest BCUT2D eigenvalue weighted by Gasteiger charge is 2.60. The lowest BCUT2D eigenvalue weighted by Crippen LogP contribution is -2.59. The highest BCUT2D eigenvalue weighted by Crippen LogP contribution is 2.35. The molecule has 76 valence electrons.